The molecule has 0 aromatic heterocycles. The molecule has 0 spiro atoms. The van der Waals surface area contributed by atoms with Gasteiger partial charge in [0.25, 0.3) is 5.91 Å². The first-order valence-corrected chi connectivity index (χ1v) is 10.4. The van der Waals surface area contributed by atoms with Crippen LogP contribution in [0.15, 0.2) is 47.4 Å². The highest BCUT2D eigenvalue weighted by atomic mass is 32.2. The summed E-state index contributed by atoms with van der Waals surface area (Å²) < 4.78 is 11.5. The number of hydrogen-bond acceptors (Lipinski definition) is 6. The van der Waals surface area contributed by atoms with Crippen LogP contribution in [0.3, 0.4) is 0 Å². The van der Waals surface area contributed by atoms with Crippen molar-refractivity contribution in [2.24, 2.45) is 0 Å². The molecule has 30 heavy (non-hydrogen) atoms. The maximum atomic E-state index is 12.6. The Hall–Kier alpha value is -2.84. The van der Waals surface area contributed by atoms with Gasteiger partial charge in [0.15, 0.2) is 11.5 Å². The lowest BCUT2D eigenvalue weighted by Gasteiger charge is -2.18. The van der Waals surface area contributed by atoms with E-state index in [2.05, 4.69) is 0 Å². The van der Waals surface area contributed by atoms with E-state index in [4.69, 9.17) is 21.7 Å². The zero-order valence-electron chi connectivity index (χ0n) is 16.7. The number of carbonyl (C=O) groups excluding carboxylic acids is 1. The molecule has 0 radical (unpaired) electrons. The number of carbonyl (C=O) groups is 2. The maximum Gasteiger partial charge on any atom is 0.326 e. The first-order valence-electron chi connectivity index (χ1n) is 9.16. The Balaban J connectivity index is 1.77. The molecule has 6 nitrogen and oxygen atoms in total. The molecule has 1 unspecified atom stereocenters. The minimum Gasteiger partial charge on any atom is -0.493 e. The maximum absolute atomic E-state index is 12.6. The number of nitrogens with zero attached hydrogens (tertiary/aromatic N) is 1. The molecule has 1 aliphatic rings. The molecule has 1 aliphatic heterocycles. The SMILES string of the molecule is COc1cc(/C=C2\SC(=S)N(C(C)C(=O)O)C2=O)ccc1OCc1ccc(C)cc1. The van der Waals surface area contributed by atoms with Crippen LogP contribution in [0.25, 0.3) is 6.08 Å². The number of methoxy groups -OCH3 is 1. The van der Waals surface area contributed by atoms with Crippen LogP contribution in [0.4, 0.5) is 0 Å². The second-order valence-electron chi connectivity index (χ2n) is 6.75. The van der Waals surface area contributed by atoms with Gasteiger partial charge in [-0.25, -0.2) is 4.79 Å². The number of ether oxygens (including phenoxy) is 2. The van der Waals surface area contributed by atoms with Gasteiger partial charge in [-0.2, -0.15) is 0 Å². The van der Waals surface area contributed by atoms with Gasteiger partial charge in [-0.05, 0) is 43.2 Å². The smallest absolute Gasteiger partial charge is 0.326 e. The Labute approximate surface area is 184 Å². The van der Waals surface area contributed by atoms with Crippen LogP contribution in [-0.2, 0) is 16.2 Å². The monoisotopic (exact) mass is 443 g/mol. The number of benzene rings is 2. The zero-order valence-corrected chi connectivity index (χ0v) is 18.4. The Morgan fingerprint density at radius 2 is 1.93 bits per heavy atom. The fourth-order valence-electron chi connectivity index (χ4n) is 2.81. The number of rotatable bonds is 7. The molecule has 2 aromatic carbocycles. The van der Waals surface area contributed by atoms with Crippen LogP contribution in [0.1, 0.15) is 23.6 Å². The molecule has 3 rings (SSSR count). The summed E-state index contributed by atoms with van der Waals surface area (Å²) in [7, 11) is 1.55. The van der Waals surface area contributed by atoms with E-state index in [1.165, 1.54) is 12.5 Å². The van der Waals surface area contributed by atoms with Crippen LogP contribution in [0.2, 0.25) is 0 Å². The molecule has 156 valence electrons. The third-order valence-corrected chi connectivity index (χ3v) is 5.90. The second kappa shape index (κ2) is 9.32. The third-order valence-electron chi connectivity index (χ3n) is 4.57. The highest BCUT2D eigenvalue weighted by Gasteiger charge is 2.38. The largest absolute Gasteiger partial charge is 0.493 e. The quantitative estimate of drug-likeness (QED) is 0.506. The van der Waals surface area contributed by atoms with Gasteiger partial charge in [0.1, 0.15) is 17.0 Å². The average molecular weight is 444 g/mol. The van der Waals surface area contributed by atoms with Crippen LogP contribution < -0.4 is 9.47 Å². The number of carboxylic acid groups (broad SMARTS) is 1. The number of thiocarbonyl (C=S) groups is 1. The van der Waals surface area contributed by atoms with Crippen molar-refractivity contribution in [3.63, 3.8) is 0 Å². The number of amides is 1. The summed E-state index contributed by atoms with van der Waals surface area (Å²) >= 11 is 6.27. The number of thioether (sulfide) groups is 1. The van der Waals surface area contributed by atoms with E-state index in [-0.39, 0.29) is 4.32 Å². The van der Waals surface area contributed by atoms with Gasteiger partial charge < -0.3 is 14.6 Å². The van der Waals surface area contributed by atoms with E-state index in [1.54, 1.807) is 31.4 Å². The summed E-state index contributed by atoms with van der Waals surface area (Å²) in [5, 5.41) is 9.19. The lowest BCUT2D eigenvalue weighted by Crippen LogP contribution is -2.41. The van der Waals surface area contributed by atoms with Crippen LogP contribution in [0, 0.1) is 6.92 Å². The van der Waals surface area contributed by atoms with Gasteiger partial charge in [-0.15, -0.1) is 0 Å². The molecule has 1 N–H and O–H groups in total. The highest BCUT2D eigenvalue weighted by molar-refractivity contribution is 8.26. The van der Waals surface area contributed by atoms with Crippen molar-refractivity contribution in [1.82, 2.24) is 4.90 Å². The van der Waals surface area contributed by atoms with Crippen molar-refractivity contribution < 1.29 is 24.2 Å². The average Bonchev–Trinajstić information content (AvgIpc) is 3.00. The Kier molecular flexibility index (Phi) is 6.79. The number of aryl methyl sites for hydroxylation is 1. The predicted octanol–water partition coefficient (Wildman–Crippen LogP) is 4.26. The molecule has 1 atom stereocenters. The lowest BCUT2D eigenvalue weighted by atomic mass is 10.1. The molecule has 0 bridgehead atoms. The van der Waals surface area contributed by atoms with Gasteiger partial charge >= 0.3 is 5.97 Å². The molecule has 0 saturated carbocycles. The fraction of sp³-hybridized carbons (Fsp3) is 0.227. The molecule has 8 heteroatoms. The van der Waals surface area contributed by atoms with Crippen LogP contribution in [0.5, 0.6) is 11.5 Å². The van der Waals surface area contributed by atoms with Crippen molar-refractivity contribution >= 4 is 46.3 Å². The normalized spacial score (nSPS) is 16.1. The molecular weight excluding hydrogens is 422 g/mol. The van der Waals surface area contributed by atoms with Crippen molar-refractivity contribution in [2.45, 2.75) is 26.5 Å². The standard InChI is InChI=1S/C22H21NO5S2/c1-13-4-6-15(7-5-13)12-28-17-9-8-16(10-18(17)27-3)11-19-20(24)23(22(29)30-19)14(2)21(25)26/h4-11,14H,12H2,1-3H3,(H,25,26)/b19-11-. The van der Waals surface area contributed by atoms with Gasteiger partial charge in [0.2, 0.25) is 0 Å². The van der Waals surface area contributed by atoms with Gasteiger partial charge in [-0.1, -0.05) is 59.9 Å². The van der Waals surface area contributed by atoms with E-state index in [1.807, 2.05) is 31.2 Å². The van der Waals surface area contributed by atoms with Crippen LogP contribution >= 0.6 is 24.0 Å². The summed E-state index contributed by atoms with van der Waals surface area (Å²) in [5.74, 6) is -0.407. The summed E-state index contributed by atoms with van der Waals surface area (Å²) in [4.78, 5) is 25.3. The van der Waals surface area contributed by atoms with E-state index < -0.39 is 17.9 Å². The predicted molar refractivity (Wildman–Crippen MR) is 121 cm³/mol. The highest BCUT2D eigenvalue weighted by Crippen LogP contribution is 2.36. The lowest BCUT2D eigenvalue weighted by molar-refractivity contribution is -0.144. The van der Waals surface area contributed by atoms with Gasteiger partial charge in [-0.3, -0.25) is 9.69 Å². The number of carboxylic acids is 1. The molecule has 1 amide bonds. The summed E-state index contributed by atoms with van der Waals surface area (Å²) in [6, 6.07) is 12.4. The molecular formula is C22H21NO5S2. The minimum absolute atomic E-state index is 0.228. The summed E-state index contributed by atoms with van der Waals surface area (Å²) in [6.45, 7) is 3.86. The third kappa shape index (κ3) is 4.83. The first-order chi connectivity index (χ1) is 14.3. The molecule has 2 aromatic rings. The van der Waals surface area contributed by atoms with E-state index >= 15 is 0 Å². The van der Waals surface area contributed by atoms with E-state index in [0.29, 0.717) is 23.0 Å². The van der Waals surface area contributed by atoms with Crippen molar-refractivity contribution in [2.75, 3.05) is 7.11 Å². The Morgan fingerprint density at radius 1 is 1.23 bits per heavy atom. The molecule has 0 aliphatic carbocycles. The fourth-order valence-corrected chi connectivity index (χ4v) is 4.23. The number of aliphatic carboxylic acids is 1. The number of hydrogen-bond donors (Lipinski definition) is 1. The first kappa shape index (κ1) is 21.9. The van der Waals surface area contributed by atoms with E-state index in [9.17, 15) is 14.7 Å². The molecule has 1 saturated heterocycles. The summed E-state index contributed by atoms with van der Waals surface area (Å²) in [6.07, 6.45) is 1.67. The molecule has 1 heterocycles. The second-order valence-corrected chi connectivity index (χ2v) is 8.43. The minimum atomic E-state index is -1.11. The van der Waals surface area contributed by atoms with Crippen molar-refractivity contribution in [3.8, 4) is 11.5 Å². The van der Waals surface area contributed by atoms with Crippen LogP contribution in [-0.4, -0.2) is 39.4 Å². The summed E-state index contributed by atoms with van der Waals surface area (Å²) in [5.41, 5.74) is 2.95. The molecule has 1 fully saturated rings. The zero-order chi connectivity index (χ0) is 21.8. The Morgan fingerprint density at radius 3 is 2.57 bits per heavy atom. The van der Waals surface area contributed by atoms with Crippen molar-refractivity contribution in [1.29, 1.82) is 0 Å². The van der Waals surface area contributed by atoms with E-state index in [0.717, 1.165) is 27.8 Å². The Bertz CT molecular complexity index is 1020. The topological polar surface area (TPSA) is 76.1 Å². The van der Waals surface area contributed by atoms with Gasteiger partial charge in [0.05, 0.1) is 12.0 Å². The van der Waals surface area contributed by atoms with Gasteiger partial charge in [0, 0.05) is 0 Å². The van der Waals surface area contributed by atoms with Crippen molar-refractivity contribution in [3.05, 3.63) is 64.1 Å².